The number of rotatable bonds is 3. The molecule has 0 amide bonds. The monoisotopic (exact) mass is 525 g/mol. The van der Waals surface area contributed by atoms with Crippen LogP contribution in [0.3, 0.4) is 0 Å². The zero-order chi connectivity index (χ0) is 26.9. The maximum atomic E-state index is 6.80. The van der Waals surface area contributed by atoms with Gasteiger partial charge in [0, 0.05) is 38.4 Å². The van der Waals surface area contributed by atoms with Gasteiger partial charge in [0.15, 0.2) is 5.58 Å². The minimum Gasteiger partial charge on any atom is -0.456 e. The summed E-state index contributed by atoms with van der Waals surface area (Å²) in [5.74, 6) is 0. The minimum atomic E-state index is 0.858. The van der Waals surface area contributed by atoms with Crippen molar-refractivity contribution < 1.29 is 8.83 Å². The molecule has 0 unspecified atom stereocenters. The second kappa shape index (κ2) is 8.48. The molecule has 3 heteroatoms. The molecule has 0 fully saturated rings. The molecule has 2 aromatic heterocycles. The Bertz CT molecular complexity index is 2440. The van der Waals surface area contributed by atoms with Gasteiger partial charge in [0.2, 0.25) is 0 Å². The van der Waals surface area contributed by atoms with Gasteiger partial charge in [0.1, 0.15) is 16.7 Å². The number of fused-ring (bicyclic) bond motifs is 9. The third-order valence-corrected chi connectivity index (χ3v) is 8.24. The lowest BCUT2D eigenvalue weighted by Gasteiger charge is -2.26. The van der Waals surface area contributed by atoms with E-state index < -0.39 is 0 Å². The molecule has 3 nitrogen and oxygen atoms in total. The van der Waals surface area contributed by atoms with Crippen molar-refractivity contribution in [1.82, 2.24) is 0 Å². The zero-order valence-corrected chi connectivity index (χ0v) is 22.0. The summed E-state index contributed by atoms with van der Waals surface area (Å²) in [4.78, 5) is 2.31. The van der Waals surface area contributed by atoms with Crippen molar-refractivity contribution in [2.45, 2.75) is 0 Å². The lowest BCUT2D eigenvalue weighted by Crippen LogP contribution is -2.10. The first-order chi connectivity index (χ1) is 20.3. The van der Waals surface area contributed by atoms with Crippen LogP contribution in [0, 0.1) is 0 Å². The molecule has 0 saturated heterocycles. The van der Waals surface area contributed by atoms with Gasteiger partial charge in [-0.3, -0.25) is 0 Å². The molecule has 9 aromatic rings. The summed E-state index contributed by atoms with van der Waals surface area (Å²) >= 11 is 0. The minimum absolute atomic E-state index is 0.858. The highest BCUT2D eigenvalue weighted by atomic mass is 16.3. The molecule has 0 aliphatic carbocycles. The Labute approximate surface area is 235 Å². The van der Waals surface area contributed by atoms with Crippen molar-refractivity contribution in [3.8, 4) is 0 Å². The van der Waals surface area contributed by atoms with E-state index in [0.717, 1.165) is 66.3 Å². The molecule has 0 aliphatic rings. The molecule has 192 valence electrons. The van der Waals surface area contributed by atoms with Crippen LogP contribution in [-0.4, -0.2) is 0 Å². The van der Waals surface area contributed by atoms with Crippen LogP contribution in [0.4, 0.5) is 17.1 Å². The topological polar surface area (TPSA) is 29.5 Å². The molecule has 0 saturated carbocycles. The van der Waals surface area contributed by atoms with Gasteiger partial charge in [0.25, 0.3) is 0 Å². The Morgan fingerprint density at radius 1 is 0.366 bits per heavy atom. The number of hydrogen-bond donors (Lipinski definition) is 0. The number of furan rings is 2. The first kappa shape index (κ1) is 22.3. The van der Waals surface area contributed by atoms with Crippen LogP contribution in [-0.2, 0) is 0 Å². The molecule has 0 aliphatic heterocycles. The van der Waals surface area contributed by atoms with Gasteiger partial charge in [-0.05, 0) is 47.2 Å². The molecular formula is C38H23NO2. The Morgan fingerprint density at radius 2 is 0.976 bits per heavy atom. The fourth-order valence-electron chi connectivity index (χ4n) is 6.35. The first-order valence-electron chi connectivity index (χ1n) is 13.9. The second-order valence-corrected chi connectivity index (χ2v) is 10.5. The molecule has 0 N–H and O–H groups in total. The van der Waals surface area contributed by atoms with E-state index in [2.05, 4.69) is 132 Å². The first-order valence-corrected chi connectivity index (χ1v) is 13.9. The van der Waals surface area contributed by atoms with Crippen LogP contribution >= 0.6 is 0 Å². The van der Waals surface area contributed by atoms with Crippen molar-refractivity contribution in [3.63, 3.8) is 0 Å². The molecule has 7 aromatic carbocycles. The van der Waals surface area contributed by atoms with Gasteiger partial charge in [-0.15, -0.1) is 0 Å². The highest BCUT2D eigenvalue weighted by molar-refractivity contribution is 6.18. The van der Waals surface area contributed by atoms with E-state index in [9.17, 15) is 0 Å². The van der Waals surface area contributed by atoms with E-state index in [0.29, 0.717) is 0 Å². The van der Waals surface area contributed by atoms with Gasteiger partial charge >= 0.3 is 0 Å². The average molecular weight is 526 g/mol. The van der Waals surface area contributed by atoms with Crippen LogP contribution in [0.1, 0.15) is 0 Å². The number of benzene rings is 7. The van der Waals surface area contributed by atoms with E-state index in [-0.39, 0.29) is 0 Å². The van der Waals surface area contributed by atoms with Crippen LogP contribution in [0.2, 0.25) is 0 Å². The van der Waals surface area contributed by atoms with E-state index in [4.69, 9.17) is 8.83 Å². The summed E-state index contributed by atoms with van der Waals surface area (Å²) in [6, 6.07) is 48.9. The summed E-state index contributed by atoms with van der Waals surface area (Å²) < 4.78 is 13.1. The van der Waals surface area contributed by atoms with E-state index in [1.807, 2.05) is 12.1 Å². The third kappa shape index (κ3) is 3.26. The standard InChI is InChI=1S/C38H23NO2/c1-3-12-27-24(9-1)11-7-16-33(27)39(26-20-22-30-29-14-5-6-18-35(29)40-36(30)23-26)34-17-8-15-31-32-21-19-25-10-2-4-13-28(25)37(32)41-38(31)34/h1-23H. The molecule has 41 heavy (non-hydrogen) atoms. The Morgan fingerprint density at radius 3 is 1.88 bits per heavy atom. The largest absolute Gasteiger partial charge is 0.456 e. The second-order valence-electron chi connectivity index (χ2n) is 10.5. The molecule has 9 rings (SSSR count). The van der Waals surface area contributed by atoms with Crippen LogP contribution < -0.4 is 4.90 Å². The van der Waals surface area contributed by atoms with Crippen molar-refractivity contribution in [2.75, 3.05) is 4.90 Å². The number of para-hydroxylation sites is 2. The van der Waals surface area contributed by atoms with E-state index in [1.54, 1.807) is 0 Å². The number of hydrogen-bond acceptors (Lipinski definition) is 3. The van der Waals surface area contributed by atoms with Crippen molar-refractivity contribution in [1.29, 1.82) is 0 Å². The van der Waals surface area contributed by atoms with Gasteiger partial charge in [-0.25, -0.2) is 0 Å². The van der Waals surface area contributed by atoms with E-state index in [1.165, 1.54) is 16.2 Å². The smallest absolute Gasteiger partial charge is 0.159 e. The molecule has 0 spiro atoms. The quantitative estimate of drug-likeness (QED) is 0.230. The summed E-state index contributed by atoms with van der Waals surface area (Å²) in [6.45, 7) is 0. The summed E-state index contributed by atoms with van der Waals surface area (Å²) in [7, 11) is 0. The number of anilines is 3. The van der Waals surface area contributed by atoms with E-state index >= 15 is 0 Å². The lowest BCUT2D eigenvalue weighted by atomic mass is 10.0. The van der Waals surface area contributed by atoms with Gasteiger partial charge in [-0.2, -0.15) is 0 Å². The fourth-order valence-corrected chi connectivity index (χ4v) is 6.35. The molecule has 0 radical (unpaired) electrons. The summed E-state index contributed by atoms with van der Waals surface area (Å²) in [6.07, 6.45) is 0. The van der Waals surface area contributed by atoms with Gasteiger partial charge < -0.3 is 13.7 Å². The predicted molar refractivity (Wildman–Crippen MR) is 171 cm³/mol. The van der Waals surface area contributed by atoms with Crippen molar-refractivity contribution in [3.05, 3.63) is 140 Å². The normalized spacial score (nSPS) is 11.9. The molecular weight excluding hydrogens is 502 g/mol. The maximum Gasteiger partial charge on any atom is 0.159 e. The molecule has 0 atom stereocenters. The predicted octanol–water partition coefficient (Wildman–Crippen LogP) is 11.3. The average Bonchev–Trinajstić information content (AvgIpc) is 3.60. The summed E-state index contributed by atoms with van der Waals surface area (Å²) in [5, 5.41) is 9.08. The maximum absolute atomic E-state index is 6.80. The fraction of sp³-hybridized carbons (Fsp3) is 0. The highest BCUT2D eigenvalue weighted by Crippen LogP contribution is 2.46. The van der Waals surface area contributed by atoms with Gasteiger partial charge in [0.05, 0.1) is 17.1 Å². The third-order valence-electron chi connectivity index (χ3n) is 8.24. The zero-order valence-electron chi connectivity index (χ0n) is 22.0. The number of nitrogens with zero attached hydrogens (tertiary/aromatic N) is 1. The molecule has 2 heterocycles. The lowest BCUT2D eigenvalue weighted by molar-refractivity contribution is 0.668. The Balaban J connectivity index is 1.37. The Hall–Kier alpha value is -5.54. The summed E-state index contributed by atoms with van der Waals surface area (Å²) in [5.41, 5.74) is 6.59. The van der Waals surface area contributed by atoms with Crippen LogP contribution in [0.25, 0.3) is 65.4 Å². The Kier molecular flexibility index (Phi) is 4.61. The van der Waals surface area contributed by atoms with Crippen LogP contribution in [0.15, 0.2) is 148 Å². The molecule has 0 bridgehead atoms. The highest BCUT2D eigenvalue weighted by Gasteiger charge is 2.22. The van der Waals surface area contributed by atoms with Crippen molar-refractivity contribution >= 4 is 82.5 Å². The van der Waals surface area contributed by atoms with Crippen LogP contribution in [0.5, 0.6) is 0 Å². The van der Waals surface area contributed by atoms with Crippen molar-refractivity contribution in [2.24, 2.45) is 0 Å². The van der Waals surface area contributed by atoms with Gasteiger partial charge in [-0.1, -0.05) is 97.1 Å². The SMILES string of the molecule is c1ccc2c(N(c3ccc4c(c3)oc3ccccc34)c3cccc4c3oc3c5ccccc5ccc43)cccc2c1.